The second-order valence-electron chi connectivity index (χ2n) is 6.06. The van der Waals surface area contributed by atoms with Crippen molar-refractivity contribution in [1.29, 1.82) is 0 Å². The standard InChI is InChI=1S/C17H19ClN2O3/c1-11-9-14(20-23-11)6-5-12-10-13(7-8-15(12)18)19-16(21)22-17(2,3)4/h5-10H,1-4H3,(H,19,21). The smallest absolute Gasteiger partial charge is 0.412 e. The van der Waals surface area contributed by atoms with Gasteiger partial charge in [-0.15, -0.1) is 0 Å². The van der Waals surface area contributed by atoms with Crippen LogP contribution in [0.5, 0.6) is 0 Å². The zero-order chi connectivity index (χ0) is 17.0. The quantitative estimate of drug-likeness (QED) is 0.842. The molecule has 1 heterocycles. The van der Waals surface area contributed by atoms with Crippen molar-refractivity contribution in [3.8, 4) is 0 Å². The van der Waals surface area contributed by atoms with Crippen LogP contribution in [0.4, 0.5) is 10.5 Å². The molecule has 1 aromatic carbocycles. The molecule has 23 heavy (non-hydrogen) atoms. The van der Waals surface area contributed by atoms with Crippen molar-refractivity contribution >= 4 is 35.5 Å². The van der Waals surface area contributed by atoms with Crippen LogP contribution >= 0.6 is 11.6 Å². The summed E-state index contributed by atoms with van der Waals surface area (Å²) in [5.41, 5.74) is 1.49. The van der Waals surface area contributed by atoms with Gasteiger partial charge in [0.05, 0.1) is 0 Å². The summed E-state index contributed by atoms with van der Waals surface area (Å²) < 4.78 is 10.2. The van der Waals surface area contributed by atoms with E-state index in [0.29, 0.717) is 16.4 Å². The Morgan fingerprint density at radius 1 is 1.30 bits per heavy atom. The molecule has 2 aromatic rings. The van der Waals surface area contributed by atoms with Crippen molar-refractivity contribution in [2.24, 2.45) is 0 Å². The number of benzene rings is 1. The first-order valence-corrected chi connectivity index (χ1v) is 7.52. The van der Waals surface area contributed by atoms with Crippen LogP contribution in [0.2, 0.25) is 5.02 Å². The fourth-order valence-corrected chi connectivity index (χ4v) is 1.99. The molecule has 0 unspecified atom stereocenters. The normalized spacial score (nSPS) is 11.7. The molecule has 0 spiro atoms. The van der Waals surface area contributed by atoms with E-state index in [2.05, 4.69) is 10.5 Å². The molecule has 6 heteroatoms. The van der Waals surface area contributed by atoms with Gasteiger partial charge >= 0.3 is 6.09 Å². The highest BCUT2D eigenvalue weighted by Gasteiger charge is 2.16. The molecule has 0 atom stereocenters. The van der Waals surface area contributed by atoms with E-state index in [4.69, 9.17) is 20.9 Å². The molecule has 2 rings (SSSR count). The fourth-order valence-electron chi connectivity index (χ4n) is 1.81. The predicted molar refractivity (Wildman–Crippen MR) is 91.5 cm³/mol. The molecule has 0 aliphatic carbocycles. The number of amides is 1. The van der Waals surface area contributed by atoms with Gasteiger partial charge in [0.1, 0.15) is 17.1 Å². The summed E-state index contributed by atoms with van der Waals surface area (Å²) in [7, 11) is 0. The summed E-state index contributed by atoms with van der Waals surface area (Å²) in [6.45, 7) is 7.25. The van der Waals surface area contributed by atoms with E-state index in [1.807, 2.05) is 33.8 Å². The van der Waals surface area contributed by atoms with Gasteiger partial charge in [-0.25, -0.2) is 4.79 Å². The number of aromatic nitrogens is 1. The highest BCUT2D eigenvalue weighted by molar-refractivity contribution is 6.32. The number of carbonyl (C=O) groups excluding carboxylic acids is 1. The summed E-state index contributed by atoms with van der Waals surface area (Å²) in [5, 5.41) is 7.12. The summed E-state index contributed by atoms with van der Waals surface area (Å²) in [5.74, 6) is 0.732. The van der Waals surface area contributed by atoms with Crippen LogP contribution < -0.4 is 5.32 Å². The lowest BCUT2D eigenvalue weighted by Gasteiger charge is -2.19. The van der Waals surface area contributed by atoms with Crippen molar-refractivity contribution in [1.82, 2.24) is 5.16 Å². The van der Waals surface area contributed by atoms with E-state index >= 15 is 0 Å². The van der Waals surface area contributed by atoms with Crippen LogP contribution in [-0.4, -0.2) is 16.9 Å². The minimum absolute atomic E-state index is 0.512. The fraction of sp³-hybridized carbons (Fsp3) is 0.294. The predicted octanol–water partition coefficient (Wildman–Crippen LogP) is 5.15. The Balaban J connectivity index is 2.12. The molecule has 0 saturated heterocycles. The molecule has 1 N–H and O–H groups in total. The van der Waals surface area contributed by atoms with Gasteiger partial charge in [-0.3, -0.25) is 5.32 Å². The molecule has 0 radical (unpaired) electrons. The number of hydrogen-bond acceptors (Lipinski definition) is 4. The maximum absolute atomic E-state index is 11.8. The number of hydrogen-bond donors (Lipinski definition) is 1. The van der Waals surface area contributed by atoms with Gasteiger partial charge in [0, 0.05) is 16.8 Å². The Kier molecular flexibility index (Phi) is 5.11. The van der Waals surface area contributed by atoms with Crippen LogP contribution in [0.15, 0.2) is 28.8 Å². The second-order valence-corrected chi connectivity index (χ2v) is 6.47. The minimum Gasteiger partial charge on any atom is -0.444 e. The number of rotatable bonds is 3. The number of ether oxygens (including phenoxy) is 1. The average Bonchev–Trinajstić information content (AvgIpc) is 2.83. The Hall–Kier alpha value is -2.27. The lowest BCUT2D eigenvalue weighted by Crippen LogP contribution is -2.27. The number of aryl methyl sites for hydroxylation is 1. The molecule has 122 valence electrons. The zero-order valence-electron chi connectivity index (χ0n) is 13.5. The first-order valence-electron chi connectivity index (χ1n) is 7.14. The highest BCUT2D eigenvalue weighted by Crippen LogP contribution is 2.23. The van der Waals surface area contributed by atoms with Crippen LogP contribution in [0.1, 0.15) is 37.8 Å². The van der Waals surface area contributed by atoms with E-state index < -0.39 is 11.7 Å². The van der Waals surface area contributed by atoms with Crippen LogP contribution in [-0.2, 0) is 4.74 Å². The third kappa shape index (κ3) is 5.45. The van der Waals surface area contributed by atoms with E-state index in [1.54, 1.807) is 30.4 Å². The first-order chi connectivity index (χ1) is 10.7. The molecule has 1 amide bonds. The van der Waals surface area contributed by atoms with Gasteiger partial charge in [0.15, 0.2) is 0 Å². The number of carbonyl (C=O) groups is 1. The van der Waals surface area contributed by atoms with E-state index in [0.717, 1.165) is 11.3 Å². The van der Waals surface area contributed by atoms with Crippen molar-refractivity contribution in [3.05, 3.63) is 46.3 Å². The zero-order valence-corrected chi connectivity index (χ0v) is 14.3. The van der Waals surface area contributed by atoms with Crippen LogP contribution in [0.25, 0.3) is 12.2 Å². The average molecular weight is 335 g/mol. The lowest BCUT2D eigenvalue weighted by atomic mass is 10.1. The van der Waals surface area contributed by atoms with E-state index in [1.165, 1.54) is 0 Å². The van der Waals surface area contributed by atoms with E-state index in [-0.39, 0.29) is 0 Å². The number of nitrogens with one attached hydrogen (secondary N) is 1. The molecule has 0 aliphatic heterocycles. The first kappa shape index (κ1) is 17.1. The molecule has 0 aliphatic rings. The van der Waals surface area contributed by atoms with Gasteiger partial charge in [0.25, 0.3) is 0 Å². The lowest BCUT2D eigenvalue weighted by molar-refractivity contribution is 0.0636. The molecule has 0 fully saturated rings. The Labute approximate surface area is 140 Å². The highest BCUT2D eigenvalue weighted by atomic mass is 35.5. The number of anilines is 1. The Bertz CT molecular complexity index is 730. The summed E-state index contributed by atoms with van der Waals surface area (Å²) in [6.07, 6.45) is 3.08. The van der Waals surface area contributed by atoms with Gasteiger partial charge in [-0.05, 0) is 57.5 Å². The van der Waals surface area contributed by atoms with Crippen molar-refractivity contribution in [3.63, 3.8) is 0 Å². The van der Waals surface area contributed by atoms with Crippen LogP contribution in [0, 0.1) is 6.92 Å². The molecular formula is C17H19ClN2O3. The monoisotopic (exact) mass is 334 g/mol. The third-order valence-corrected chi connectivity index (χ3v) is 3.07. The molecule has 5 nitrogen and oxygen atoms in total. The molecular weight excluding hydrogens is 316 g/mol. The largest absolute Gasteiger partial charge is 0.444 e. The van der Waals surface area contributed by atoms with E-state index in [9.17, 15) is 4.79 Å². The number of halogens is 1. The Morgan fingerprint density at radius 3 is 2.65 bits per heavy atom. The summed E-state index contributed by atoms with van der Waals surface area (Å²) in [6, 6.07) is 6.99. The second kappa shape index (κ2) is 6.87. The topological polar surface area (TPSA) is 64.4 Å². The van der Waals surface area contributed by atoms with Crippen molar-refractivity contribution in [2.45, 2.75) is 33.3 Å². The molecule has 0 bridgehead atoms. The third-order valence-electron chi connectivity index (χ3n) is 2.72. The van der Waals surface area contributed by atoms with Gasteiger partial charge in [-0.1, -0.05) is 22.8 Å². The maximum atomic E-state index is 11.8. The molecule has 1 aromatic heterocycles. The Morgan fingerprint density at radius 2 is 2.04 bits per heavy atom. The maximum Gasteiger partial charge on any atom is 0.412 e. The van der Waals surface area contributed by atoms with Gasteiger partial charge in [-0.2, -0.15) is 0 Å². The summed E-state index contributed by atoms with van der Waals surface area (Å²) >= 11 is 6.17. The van der Waals surface area contributed by atoms with Crippen molar-refractivity contribution in [2.75, 3.05) is 5.32 Å². The SMILES string of the molecule is Cc1cc(C=Cc2cc(NC(=O)OC(C)(C)C)ccc2Cl)no1. The minimum atomic E-state index is -0.552. The summed E-state index contributed by atoms with van der Waals surface area (Å²) in [4.78, 5) is 11.8. The number of nitrogens with zero attached hydrogens (tertiary/aromatic N) is 1. The van der Waals surface area contributed by atoms with Gasteiger partial charge in [0.2, 0.25) is 0 Å². The van der Waals surface area contributed by atoms with Gasteiger partial charge < -0.3 is 9.26 Å². The van der Waals surface area contributed by atoms with Crippen molar-refractivity contribution < 1.29 is 14.1 Å². The van der Waals surface area contributed by atoms with Crippen LogP contribution in [0.3, 0.4) is 0 Å². The molecule has 0 saturated carbocycles.